The third kappa shape index (κ3) is 1.66. The van der Waals surface area contributed by atoms with Gasteiger partial charge in [-0.3, -0.25) is 9.36 Å². The van der Waals surface area contributed by atoms with E-state index >= 15 is 0 Å². The quantitative estimate of drug-likeness (QED) is 0.851. The number of fused-ring (bicyclic) bond motifs is 1. The Morgan fingerprint density at radius 1 is 1.62 bits per heavy atom. The topological polar surface area (TPSA) is 46.9 Å². The van der Waals surface area contributed by atoms with Gasteiger partial charge in [-0.25, -0.2) is 4.98 Å². The van der Waals surface area contributed by atoms with Gasteiger partial charge in [0.1, 0.15) is 4.83 Å². The summed E-state index contributed by atoms with van der Waals surface area (Å²) in [6, 6.07) is 2.28. The van der Waals surface area contributed by atoms with Crippen LogP contribution in [0.3, 0.4) is 0 Å². The van der Waals surface area contributed by atoms with E-state index in [0.29, 0.717) is 6.04 Å². The molecule has 0 spiro atoms. The summed E-state index contributed by atoms with van der Waals surface area (Å²) in [5, 5.41) is 6.04. The van der Waals surface area contributed by atoms with E-state index in [0.717, 1.165) is 29.7 Å². The smallest absolute Gasteiger partial charge is 0.262 e. The van der Waals surface area contributed by atoms with Crippen LogP contribution in [-0.2, 0) is 6.54 Å². The Labute approximate surface area is 96.9 Å². The SMILES string of the molecule is O=c1c2ccsc2ncn1C[C@@H]1CCCN1. The summed E-state index contributed by atoms with van der Waals surface area (Å²) in [6.07, 6.45) is 4.02. The molecule has 0 aromatic carbocycles. The van der Waals surface area contributed by atoms with E-state index in [4.69, 9.17) is 0 Å². The van der Waals surface area contributed by atoms with Crippen LogP contribution < -0.4 is 10.9 Å². The molecule has 1 atom stereocenters. The van der Waals surface area contributed by atoms with Crippen molar-refractivity contribution in [2.24, 2.45) is 0 Å². The number of aromatic nitrogens is 2. The normalized spacial score (nSPS) is 20.6. The zero-order chi connectivity index (χ0) is 11.0. The lowest BCUT2D eigenvalue weighted by atomic mass is 10.2. The monoisotopic (exact) mass is 235 g/mol. The van der Waals surface area contributed by atoms with Crippen LogP contribution in [0.15, 0.2) is 22.6 Å². The Hall–Kier alpha value is -1.20. The molecule has 0 radical (unpaired) electrons. The molecule has 0 bridgehead atoms. The summed E-state index contributed by atoms with van der Waals surface area (Å²) in [6.45, 7) is 1.80. The number of nitrogens with zero attached hydrogens (tertiary/aromatic N) is 2. The molecule has 1 N–H and O–H groups in total. The third-order valence-corrected chi connectivity index (χ3v) is 3.85. The molecule has 2 aromatic heterocycles. The lowest BCUT2D eigenvalue weighted by Gasteiger charge is -2.11. The first kappa shape index (κ1) is 9.99. The number of nitrogens with one attached hydrogen (secondary N) is 1. The maximum atomic E-state index is 12.1. The maximum absolute atomic E-state index is 12.1. The van der Waals surface area contributed by atoms with E-state index in [1.54, 1.807) is 10.9 Å². The second-order valence-electron chi connectivity index (χ2n) is 4.13. The van der Waals surface area contributed by atoms with Gasteiger partial charge in [-0.05, 0) is 30.8 Å². The van der Waals surface area contributed by atoms with Gasteiger partial charge in [0.25, 0.3) is 5.56 Å². The summed E-state index contributed by atoms with van der Waals surface area (Å²) >= 11 is 1.51. The summed E-state index contributed by atoms with van der Waals surface area (Å²) in [4.78, 5) is 17.2. The van der Waals surface area contributed by atoms with Crippen molar-refractivity contribution in [3.8, 4) is 0 Å². The second-order valence-corrected chi connectivity index (χ2v) is 5.03. The first-order valence-corrected chi connectivity index (χ1v) is 6.38. The molecule has 3 heterocycles. The minimum Gasteiger partial charge on any atom is -0.312 e. The largest absolute Gasteiger partial charge is 0.312 e. The molecule has 0 aliphatic carbocycles. The van der Waals surface area contributed by atoms with Gasteiger partial charge >= 0.3 is 0 Å². The van der Waals surface area contributed by atoms with Gasteiger partial charge in [-0.1, -0.05) is 0 Å². The van der Waals surface area contributed by atoms with Crippen molar-refractivity contribution in [3.05, 3.63) is 28.1 Å². The fraction of sp³-hybridized carbons (Fsp3) is 0.455. The van der Waals surface area contributed by atoms with Crippen molar-refractivity contribution in [1.82, 2.24) is 14.9 Å². The molecule has 5 heteroatoms. The number of hydrogen-bond donors (Lipinski definition) is 1. The number of rotatable bonds is 2. The minimum atomic E-state index is 0.0833. The van der Waals surface area contributed by atoms with Gasteiger partial charge < -0.3 is 5.32 Å². The van der Waals surface area contributed by atoms with E-state index in [9.17, 15) is 4.79 Å². The van der Waals surface area contributed by atoms with Gasteiger partial charge in [0.15, 0.2) is 0 Å². The van der Waals surface area contributed by atoms with Gasteiger partial charge in [-0.15, -0.1) is 11.3 Å². The fourth-order valence-corrected chi connectivity index (χ4v) is 2.90. The average Bonchev–Trinajstić information content (AvgIpc) is 2.93. The Morgan fingerprint density at radius 3 is 3.38 bits per heavy atom. The van der Waals surface area contributed by atoms with Crippen molar-refractivity contribution in [3.63, 3.8) is 0 Å². The molecular formula is C11H13N3OS. The van der Waals surface area contributed by atoms with Crippen molar-refractivity contribution in [2.75, 3.05) is 6.54 Å². The lowest BCUT2D eigenvalue weighted by molar-refractivity contribution is 0.497. The first-order chi connectivity index (χ1) is 7.84. The highest BCUT2D eigenvalue weighted by Gasteiger charge is 2.15. The van der Waals surface area contributed by atoms with E-state index in [1.807, 2.05) is 11.4 Å². The standard InChI is InChI=1S/C11H13N3OS/c15-11-9-3-5-16-10(9)13-7-14(11)6-8-2-1-4-12-8/h3,5,7-8,12H,1-2,4,6H2/t8-/m0/s1. The van der Waals surface area contributed by atoms with E-state index in [1.165, 1.54) is 17.8 Å². The van der Waals surface area contributed by atoms with Crippen LogP contribution in [0.25, 0.3) is 10.2 Å². The van der Waals surface area contributed by atoms with Crippen LogP contribution >= 0.6 is 11.3 Å². The molecule has 1 aliphatic rings. The second kappa shape index (κ2) is 3.99. The van der Waals surface area contributed by atoms with Crippen molar-refractivity contribution >= 4 is 21.6 Å². The van der Waals surface area contributed by atoms with Crippen molar-refractivity contribution < 1.29 is 0 Å². The molecule has 0 amide bonds. The molecule has 16 heavy (non-hydrogen) atoms. The molecule has 84 valence electrons. The molecule has 0 saturated carbocycles. The van der Waals surface area contributed by atoms with Crippen molar-refractivity contribution in [2.45, 2.75) is 25.4 Å². The number of thiophene rings is 1. The Morgan fingerprint density at radius 2 is 2.56 bits per heavy atom. The van der Waals surface area contributed by atoms with Crippen LogP contribution in [0.1, 0.15) is 12.8 Å². The molecule has 1 saturated heterocycles. The third-order valence-electron chi connectivity index (χ3n) is 3.03. The summed E-state index contributed by atoms with van der Waals surface area (Å²) < 4.78 is 1.72. The molecule has 2 aromatic rings. The predicted molar refractivity (Wildman–Crippen MR) is 64.9 cm³/mol. The zero-order valence-corrected chi connectivity index (χ0v) is 9.67. The molecule has 1 aliphatic heterocycles. The van der Waals surface area contributed by atoms with Gasteiger partial charge in [0.05, 0.1) is 11.7 Å². The van der Waals surface area contributed by atoms with E-state index in [-0.39, 0.29) is 5.56 Å². The highest BCUT2D eigenvalue weighted by molar-refractivity contribution is 7.16. The molecule has 0 unspecified atom stereocenters. The Balaban J connectivity index is 1.96. The average molecular weight is 235 g/mol. The van der Waals surface area contributed by atoms with Crippen LogP contribution in [0, 0.1) is 0 Å². The molecule has 1 fully saturated rings. The first-order valence-electron chi connectivity index (χ1n) is 5.50. The fourth-order valence-electron chi connectivity index (χ4n) is 2.17. The highest BCUT2D eigenvalue weighted by atomic mass is 32.1. The zero-order valence-electron chi connectivity index (χ0n) is 8.85. The van der Waals surface area contributed by atoms with Crippen LogP contribution in [0.4, 0.5) is 0 Å². The molecule has 4 nitrogen and oxygen atoms in total. The van der Waals surface area contributed by atoms with Crippen molar-refractivity contribution in [1.29, 1.82) is 0 Å². The van der Waals surface area contributed by atoms with Gasteiger partial charge in [0, 0.05) is 12.6 Å². The number of hydrogen-bond acceptors (Lipinski definition) is 4. The summed E-state index contributed by atoms with van der Waals surface area (Å²) in [5.41, 5.74) is 0.0833. The summed E-state index contributed by atoms with van der Waals surface area (Å²) in [7, 11) is 0. The van der Waals surface area contributed by atoms with Crippen LogP contribution in [0.5, 0.6) is 0 Å². The van der Waals surface area contributed by atoms with Crippen LogP contribution in [0.2, 0.25) is 0 Å². The van der Waals surface area contributed by atoms with Gasteiger partial charge in [-0.2, -0.15) is 0 Å². The van der Waals surface area contributed by atoms with E-state index in [2.05, 4.69) is 10.3 Å². The van der Waals surface area contributed by atoms with Gasteiger partial charge in [0.2, 0.25) is 0 Å². The Kier molecular flexibility index (Phi) is 2.49. The van der Waals surface area contributed by atoms with Crippen LogP contribution in [-0.4, -0.2) is 22.1 Å². The molecule has 3 rings (SSSR count). The minimum absolute atomic E-state index is 0.0833. The highest BCUT2D eigenvalue weighted by Crippen LogP contribution is 2.14. The molecular weight excluding hydrogens is 222 g/mol. The predicted octanol–water partition coefficient (Wildman–Crippen LogP) is 1.21. The Bertz CT molecular complexity index is 554. The maximum Gasteiger partial charge on any atom is 0.262 e. The van der Waals surface area contributed by atoms with E-state index < -0.39 is 0 Å². The summed E-state index contributed by atoms with van der Waals surface area (Å²) in [5.74, 6) is 0. The lowest BCUT2D eigenvalue weighted by Crippen LogP contribution is -2.32.